The van der Waals surface area contributed by atoms with Crippen LogP contribution in [0.5, 0.6) is 5.75 Å². The zero-order valence-corrected chi connectivity index (χ0v) is 23.9. The van der Waals surface area contributed by atoms with Crippen LogP contribution in [0.25, 0.3) is 0 Å². The fraction of sp³-hybridized carbons (Fsp3) is 0.344. The third kappa shape index (κ3) is 6.64. The lowest BCUT2D eigenvalue weighted by molar-refractivity contribution is -0.129. The quantitative estimate of drug-likeness (QED) is 0.394. The van der Waals surface area contributed by atoms with Crippen LogP contribution in [0.15, 0.2) is 70.5 Å². The fourth-order valence-electron chi connectivity index (χ4n) is 4.80. The molecule has 1 heterocycles. The number of hydrogen-bond acceptors (Lipinski definition) is 8. The summed E-state index contributed by atoms with van der Waals surface area (Å²) in [6.07, 6.45) is 2.65. The highest BCUT2D eigenvalue weighted by atomic mass is 16.5. The van der Waals surface area contributed by atoms with E-state index in [1.54, 1.807) is 6.08 Å². The van der Waals surface area contributed by atoms with Crippen molar-refractivity contribution in [1.82, 2.24) is 5.32 Å². The van der Waals surface area contributed by atoms with Crippen molar-refractivity contribution in [3.63, 3.8) is 0 Å². The number of Topliss-reactive ketones (excluding diaryl/α,β-unsaturated/α-hetero) is 1. The molecule has 0 saturated heterocycles. The van der Waals surface area contributed by atoms with E-state index in [0.29, 0.717) is 48.6 Å². The number of ketones is 1. The molecule has 0 spiro atoms. The van der Waals surface area contributed by atoms with Crippen molar-refractivity contribution >= 4 is 28.8 Å². The van der Waals surface area contributed by atoms with Gasteiger partial charge in [-0.25, -0.2) is 4.99 Å². The Hall–Kier alpha value is -4.89. The van der Waals surface area contributed by atoms with Gasteiger partial charge in [0.15, 0.2) is 6.73 Å². The Bertz CT molecular complexity index is 1520. The highest BCUT2D eigenvalue weighted by Crippen LogP contribution is 2.37. The minimum Gasteiger partial charge on any atom is -0.471 e. The Morgan fingerprint density at radius 2 is 1.76 bits per heavy atom. The first-order chi connectivity index (χ1) is 19.6. The van der Waals surface area contributed by atoms with Crippen molar-refractivity contribution in [2.75, 3.05) is 30.0 Å². The van der Waals surface area contributed by atoms with E-state index >= 15 is 0 Å². The smallest absolute Gasteiger partial charge is 0.230 e. The van der Waals surface area contributed by atoms with Crippen molar-refractivity contribution in [3.8, 4) is 17.9 Å². The van der Waals surface area contributed by atoms with Crippen molar-refractivity contribution in [3.05, 3.63) is 76.6 Å². The average Bonchev–Trinajstić information content (AvgIpc) is 2.94. The highest BCUT2D eigenvalue weighted by Gasteiger charge is 2.41. The Morgan fingerprint density at radius 3 is 2.41 bits per heavy atom. The van der Waals surface area contributed by atoms with Crippen LogP contribution >= 0.6 is 0 Å². The van der Waals surface area contributed by atoms with Crippen LogP contribution in [0.3, 0.4) is 0 Å². The monoisotopic (exact) mass is 550 g/mol. The summed E-state index contributed by atoms with van der Waals surface area (Å²) in [5, 5.41) is 24.4. The van der Waals surface area contributed by atoms with Crippen molar-refractivity contribution < 1.29 is 14.3 Å². The van der Waals surface area contributed by atoms with E-state index in [2.05, 4.69) is 27.8 Å². The van der Waals surface area contributed by atoms with Gasteiger partial charge in [-0.05, 0) is 61.7 Å². The number of carbonyl (C=O) groups is 2. The number of anilines is 2. The fourth-order valence-corrected chi connectivity index (χ4v) is 4.80. The predicted octanol–water partition coefficient (Wildman–Crippen LogP) is 5.09. The SMILES string of the molecule is Cc1cc(N(CCC#N)CCC#N)ccc1NC1=C/C(=N\COc2ccccc2C)C(=O)C2=C1NC(=O)C(C)(C)C2. The molecule has 41 heavy (non-hydrogen) atoms. The molecule has 210 valence electrons. The first-order valence-corrected chi connectivity index (χ1v) is 13.6. The molecule has 2 aromatic rings. The number of nitriles is 2. The van der Waals surface area contributed by atoms with E-state index in [1.165, 1.54) is 0 Å². The molecule has 1 amide bonds. The molecular weight excluding hydrogens is 516 g/mol. The predicted molar refractivity (Wildman–Crippen MR) is 158 cm³/mol. The number of amides is 1. The number of para-hydroxylation sites is 1. The van der Waals surface area contributed by atoms with Gasteiger partial charge in [0, 0.05) is 35.5 Å². The number of nitrogens with zero attached hydrogens (tertiary/aromatic N) is 4. The number of aryl methyl sites for hydroxylation is 2. The lowest BCUT2D eigenvalue weighted by Crippen LogP contribution is -2.46. The van der Waals surface area contributed by atoms with Crippen LogP contribution in [0.4, 0.5) is 11.4 Å². The summed E-state index contributed by atoms with van der Waals surface area (Å²) in [6, 6.07) is 17.8. The van der Waals surface area contributed by atoms with Crippen LogP contribution in [-0.4, -0.2) is 37.2 Å². The molecule has 0 aromatic heterocycles. The van der Waals surface area contributed by atoms with Gasteiger partial charge in [-0.2, -0.15) is 10.5 Å². The standard InChI is InChI=1S/C32H34N6O3/c1-21-9-5-6-10-28(21)41-20-35-27-18-26(29-24(30(27)39)19-32(3,4)31(40)37-29)36-25-12-11-23(17-22(25)2)38(15-7-13-33)16-8-14-34/h5-6,9-12,17-18,36H,7-8,15-16,19-20H2,1-4H3,(H,37,40)/b35-27+. The van der Waals surface area contributed by atoms with Gasteiger partial charge in [-0.3, -0.25) is 9.59 Å². The second-order valence-electron chi connectivity index (χ2n) is 10.8. The van der Waals surface area contributed by atoms with Gasteiger partial charge in [0.25, 0.3) is 0 Å². The third-order valence-electron chi connectivity index (χ3n) is 7.21. The van der Waals surface area contributed by atoms with E-state index < -0.39 is 5.41 Å². The summed E-state index contributed by atoms with van der Waals surface area (Å²) < 4.78 is 5.83. The van der Waals surface area contributed by atoms with Gasteiger partial charge >= 0.3 is 0 Å². The molecule has 0 fully saturated rings. The van der Waals surface area contributed by atoms with Gasteiger partial charge in [0.1, 0.15) is 11.5 Å². The normalized spacial score (nSPS) is 16.7. The Labute approximate surface area is 240 Å². The summed E-state index contributed by atoms with van der Waals surface area (Å²) in [7, 11) is 0. The molecule has 0 saturated carbocycles. The lowest BCUT2D eigenvalue weighted by atomic mass is 9.77. The molecule has 0 bridgehead atoms. The van der Waals surface area contributed by atoms with Crippen LogP contribution in [0, 0.1) is 41.9 Å². The number of carbonyl (C=O) groups excluding carboxylic acids is 2. The van der Waals surface area contributed by atoms with E-state index in [4.69, 9.17) is 15.3 Å². The Morgan fingerprint density at radius 1 is 1.05 bits per heavy atom. The number of allylic oxidation sites excluding steroid dienone is 2. The van der Waals surface area contributed by atoms with Crippen molar-refractivity contribution in [2.24, 2.45) is 10.4 Å². The van der Waals surface area contributed by atoms with E-state index in [1.807, 2.05) is 75.1 Å². The molecule has 2 aromatic carbocycles. The zero-order valence-electron chi connectivity index (χ0n) is 23.9. The molecule has 4 rings (SSSR count). The van der Waals surface area contributed by atoms with Gasteiger partial charge in [-0.1, -0.05) is 32.0 Å². The van der Waals surface area contributed by atoms with Gasteiger partial charge in [0.2, 0.25) is 11.7 Å². The van der Waals surface area contributed by atoms with Gasteiger partial charge in [0.05, 0.1) is 36.4 Å². The molecule has 9 heteroatoms. The lowest BCUT2D eigenvalue weighted by Gasteiger charge is -2.35. The second kappa shape index (κ2) is 12.5. The van der Waals surface area contributed by atoms with E-state index in [9.17, 15) is 9.59 Å². The van der Waals surface area contributed by atoms with Gasteiger partial charge < -0.3 is 20.3 Å². The van der Waals surface area contributed by atoms with E-state index in [-0.39, 0.29) is 30.6 Å². The third-order valence-corrected chi connectivity index (χ3v) is 7.21. The molecule has 2 N–H and O–H groups in total. The summed E-state index contributed by atoms with van der Waals surface area (Å²) in [5.74, 6) is 0.310. The molecule has 0 radical (unpaired) electrons. The van der Waals surface area contributed by atoms with Crippen molar-refractivity contribution in [2.45, 2.75) is 47.0 Å². The maximum Gasteiger partial charge on any atom is 0.230 e. The zero-order chi connectivity index (χ0) is 29.6. The highest BCUT2D eigenvalue weighted by molar-refractivity contribution is 6.51. The van der Waals surface area contributed by atoms with Crippen LogP contribution in [-0.2, 0) is 9.59 Å². The number of nitrogens with one attached hydrogen (secondary N) is 2. The number of aliphatic imine (C=N–C) groups is 1. The van der Waals surface area contributed by atoms with Gasteiger partial charge in [-0.15, -0.1) is 0 Å². The second-order valence-corrected chi connectivity index (χ2v) is 10.8. The average molecular weight is 551 g/mol. The molecule has 2 aliphatic rings. The Kier molecular flexibility index (Phi) is 8.89. The van der Waals surface area contributed by atoms with Crippen LogP contribution in [0.1, 0.15) is 44.2 Å². The molecular formula is C32H34N6O3. The molecule has 0 unspecified atom stereocenters. The van der Waals surface area contributed by atoms with Crippen LogP contribution < -0.4 is 20.3 Å². The maximum atomic E-state index is 13.5. The summed E-state index contributed by atoms with van der Waals surface area (Å²) in [4.78, 5) is 32.9. The number of ether oxygens (including phenoxy) is 1. The summed E-state index contributed by atoms with van der Waals surface area (Å²) >= 11 is 0. The number of benzene rings is 2. The number of rotatable bonds is 10. The minimum atomic E-state index is -0.742. The van der Waals surface area contributed by atoms with Crippen LogP contribution in [0.2, 0.25) is 0 Å². The molecule has 9 nitrogen and oxygen atoms in total. The summed E-state index contributed by atoms with van der Waals surface area (Å²) in [5.41, 5.74) is 4.64. The summed E-state index contributed by atoms with van der Waals surface area (Å²) in [6.45, 7) is 8.56. The minimum absolute atomic E-state index is 0.0248. The molecule has 1 aliphatic heterocycles. The van der Waals surface area contributed by atoms with E-state index in [0.717, 1.165) is 22.5 Å². The Balaban J connectivity index is 1.64. The topological polar surface area (TPSA) is 131 Å². The first kappa shape index (κ1) is 29.1. The molecule has 0 atom stereocenters. The first-order valence-electron chi connectivity index (χ1n) is 13.6. The number of hydrogen-bond donors (Lipinski definition) is 2. The maximum absolute atomic E-state index is 13.5. The van der Waals surface area contributed by atoms with Crippen molar-refractivity contribution in [1.29, 1.82) is 10.5 Å². The largest absolute Gasteiger partial charge is 0.471 e. The molecule has 1 aliphatic carbocycles.